The summed E-state index contributed by atoms with van der Waals surface area (Å²) in [5.41, 5.74) is 1.09. The van der Waals surface area contributed by atoms with Gasteiger partial charge in [0.2, 0.25) is 5.84 Å². The zero-order chi connectivity index (χ0) is 26.7. The van der Waals surface area contributed by atoms with Gasteiger partial charge in [0.1, 0.15) is 6.07 Å². The number of nitrogens with zero attached hydrogens (tertiary/aromatic N) is 7. The summed E-state index contributed by atoms with van der Waals surface area (Å²) in [5.74, 6) is -0.0385. The molecule has 3 fully saturated rings. The summed E-state index contributed by atoms with van der Waals surface area (Å²) < 4.78 is 0. The molecule has 8 nitrogen and oxygen atoms in total. The zero-order valence-corrected chi connectivity index (χ0v) is 22.3. The van der Waals surface area contributed by atoms with Gasteiger partial charge in [-0.05, 0) is 71.3 Å². The normalized spacial score (nSPS) is 27.7. The number of amides is 2. The number of hydrogen-bond donors (Lipinski definition) is 0. The van der Waals surface area contributed by atoms with Gasteiger partial charge in [0.25, 0.3) is 0 Å². The number of carbonyl (C=O) groups excluding carboxylic acids is 1. The van der Waals surface area contributed by atoms with Crippen LogP contribution in [0.2, 0.25) is 0 Å². The monoisotopic (exact) mass is 499 g/mol. The van der Waals surface area contributed by atoms with Crippen LogP contribution in [0.5, 0.6) is 0 Å². The number of carbonyl (C=O) groups is 1. The molecular weight excluding hydrogens is 462 g/mol. The van der Waals surface area contributed by atoms with Crippen LogP contribution in [0, 0.1) is 28.1 Å². The minimum Gasteiger partial charge on any atom is -0.315 e. The quantitative estimate of drug-likeness (QED) is 0.387. The Bertz CT molecular complexity index is 1160. The van der Waals surface area contributed by atoms with Crippen LogP contribution in [0.1, 0.15) is 64.4 Å². The highest BCUT2D eigenvalue weighted by Gasteiger charge is 2.57. The Morgan fingerprint density at radius 3 is 2.35 bits per heavy atom. The third-order valence-electron chi connectivity index (χ3n) is 9.07. The number of rotatable bonds is 7. The van der Waals surface area contributed by atoms with Gasteiger partial charge in [-0.1, -0.05) is 43.7 Å². The number of hydrogen-bond acceptors (Lipinski definition) is 5. The lowest BCUT2D eigenvalue weighted by Gasteiger charge is -2.53. The summed E-state index contributed by atoms with van der Waals surface area (Å²) in [6, 6.07) is 15.1. The summed E-state index contributed by atoms with van der Waals surface area (Å²) >= 11 is 0. The molecule has 0 N–H and O–H groups in total. The summed E-state index contributed by atoms with van der Waals surface area (Å²) in [6.45, 7) is 9.35. The average molecular weight is 500 g/mol. The largest absolute Gasteiger partial charge is 0.324 e. The number of benzene rings is 1. The highest BCUT2D eigenvalue weighted by Crippen LogP contribution is 2.51. The lowest BCUT2D eigenvalue weighted by atomic mass is 9.66. The van der Waals surface area contributed by atoms with Crippen molar-refractivity contribution in [3.8, 4) is 12.1 Å². The van der Waals surface area contributed by atoms with Gasteiger partial charge >= 0.3 is 6.03 Å². The average Bonchev–Trinajstić information content (AvgIpc) is 3.18. The molecule has 1 aromatic carbocycles. The highest BCUT2D eigenvalue weighted by atomic mass is 16.2. The molecular formula is C29H37N7O. The van der Waals surface area contributed by atoms with Gasteiger partial charge in [0.05, 0.1) is 23.6 Å². The standard InChI is InChI=1S/C29H37N7O/c1-5-34(4)29(24-10-7-6-8-11-24)16-14-28(15-17-29)22-35(23(2)19-33-25(18-30)32-3)26(37)36(28)21-27(20-31)12-9-13-27/h6-8,10-11,19H,3,5,9,12-17,21-22H2,1-2,4H3/b23-19+,33-25-/t28-,29+. The predicted octanol–water partition coefficient (Wildman–Crippen LogP) is 5.06. The summed E-state index contributed by atoms with van der Waals surface area (Å²) in [5, 5.41) is 19.1. The maximum atomic E-state index is 13.9. The molecule has 0 unspecified atom stereocenters. The summed E-state index contributed by atoms with van der Waals surface area (Å²) in [6.07, 6.45) is 7.79. The Labute approximate surface area is 220 Å². The van der Waals surface area contributed by atoms with E-state index in [1.807, 2.05) is 17.9 Å². The number of aliphatic imine (C=N–C) groups is 2. The van der Waals surface area contributed by atoms with Crippen LogP contribution >= 0.6 is 0 Å². The van der Waals surface area contributed by atoms with Crippen molar-refractivity contribution >= 4 is 18.6 Å². The van der Waals surface area contributed by atoms with Crippen LogP contribution in [-0.4, -0.2) is 65.5 Å². The molecule has 8 heteroatoms. The molecule has 0 radical (unpaired) electrons. The molecule has 1 aliphatic heterocycles. The molecule has 0 atom stereocenters. The van der Waals surface area contributed by atoms with Gasteiger partial charge in [0, 0.05) is 24.0 Å². The van der Waals surface area contributed by atoms with Gasteiger partial charge in [-0.2, -0.15) is 10.5 Å². The van der Waals surface area contributed by atoms with Crippen LogP contribution in [0.4, 0.5) is 4.79 Å². The minimum absolute atomic E-state index is 0.0385. The van der Waals surface area contributed by atoms with Crippen LogP contribution in [0.25, 0.3) is 0 Å². The van der Waals surface area contributed by atoms with E-state index < -0.39 is 5.41 Å². The maximum absolute atomic E-state index is 13.9. The van der Waals surface area contributed by atoms with Crippen LogP contribution in [0.3, 0.4) is 0 Å². The second kappa shape index (κ2) is 10.5. The van der Waals surface area contributed by atoms with Gasteiger partial charge in [0.15, 0.2) is 0 Å². The Morgan fingerprint density at radius 2 is 1.84 bits per heavy atom. The second-order valence-corrected chi connectivity index (χ2v) is 10.8. The molecule has 0 aromatic heterocycles. The molecule has 1 saturated heterocycles. The Balaban J connectivity index is 1.68. The molecule has 194 valence electrons. The van der Waals surface area contributed by atoms with Crippen molar-refractivity contribution in [2.75, 3.05) is 26.7 Å². The van der Waals surface area contributed by atoms with E-state index in [2.05, 4.69) is 72.0 Å². The van der Waals surface area contributed by atoms with Crippen molar-refractivity contribution in [3.63, 3.8) is 0 Å². The lowest BCUT2D eigenvalue weighted by molar-refractivity contribution is 0.00000298. The molecule has 3 aliphatic rings. The smallest absolute Gasteiger partial charge is 0.315 e. The fourth-order valence-corrected chi connectivity index (χ4v) is 6.35. The predicted molar refractivity (Wildman–Crippen MR) is 145 cm³/mol. The van der Waals surface area contributed by atoms with Crippen LogP contribution in [-0.2, 0) is 5.54 Å². The number of allylic oxidation sites excluding steroid dienone is 1. The SMILES string of the molecule is C=N/C(C#N)=N\C=C(/C)N1C[C@]2(CC[C@](c3ccccc3)(N(C)CC)CC2)N(CC2(C#N)CCC2)C1=O. The molecule has 1 aromatic rings. The fourth-order valence-electron chi connectivity index (χ4n) is 6.35. The molecule has 0 bridgehead atoms. The van der Waals surface area contributed by atoms with E-state index in [1.165, 1.54) is 11.8 Å². The third-order valence-corrected chi connectivity index (χ3v) is 9.07. The van der Waals surface area contributed by atoms with E-state index in [9.17, 15) is 10.1 Å². The lowest BCUT2D eigenvalue weighted by Crippen LogP contribution is -2.58. The van der Waals surface area contributed by atoms with Gasteiger partial charge in [-0.3, -0.25) is 9.80 Å². The first-order valence-electron chi connectivity index (χ1n) is 13.2. The van der Waals surface area contributed by atoms with E-state index in [-0.39, 0.29) is 22.9 Å². The van der Waals surface area contributed by atoms with Crippen molar-refractivity contribution in [2.45, 2.75) is 69.9 Å². The van der Waals surface area contributed by atoms with Crippen molar-refractivity contribution in [1.82, 2.24) is 14.7 Å². The molecule has 2 saturated carbocycles. The van der Waals surface area contributed by atoms with E-state index in [0.29, 0.717) is 18.8 Å². The van der Waals surface area contributed by atoms with Crippen LogP contribution in [0.15, 0.2) is 52.2 Å². The van der Waals surface area contributed by atoms with Gasteiger partial charge in [-0.25, -0.2) is 14.8 Å². The van der Waals surface area contributed by atoms with E-state index in [4.69, 9.17) is 5.26 Å². The van der Waals surface area contributed by atoms with Crippen LogP contribution < -0.4 is 0 Å². The van der Waals surface area contributed by atoms with E-state index >= 15 is 0 Å². The van der Waals surface area contributed by atoms with Crippen molar-refractivity contribution in [3.05, 3.63) is 47.8 Å². The van der Waals surface area contributed by atoms with Gasteiger partial charge < -0.3 is 4.90 Å². The molecule has 1 heterocycles. The van der Waals surface area contributed by atoms with Gasteiger partial charge in [-0.15, -0.1) is 0 Å². The molecule has 4 rings (SSSR count). The number of nitriles is 2. The number of urea groups is 1. The first kappa shape index (κ1) is 26.6. The Kier molecular flexibility index (Phi) is 7.52. The summed E-state index contributed by atoms with van der Waals surface area (Å²) in [4.78, 5) is 27.8. The Morgan fingerprint density at radius 1 is 1.16 bits per heavy atom. The fraction of sp³-hybridized carbons (Fsp3) is 0.552. The Hall–Kier alpha value is -3.49. The maximum Gasteiger partial charge on any atom is 0.324 e. The third kappa shape index (κ3) is 4.67. The summed E-state index contributed by atoms with van der Waals surface area (Å²) in [7, 11) is 2.19. The van der Waals surface area contributed by atoms with Crippen molar-refractivity contribution < 1.29 is 4.79 Å². The number of amidine groups is 1. The second-order valence-electron chi connectivity index (χ2n) is 10.8. The highest BCUT2D eigenvalue weighted by molar-refractivity contribution is 5.99. The van der Waals surface area contributed by atoms with E-state index in [0.717, 1.165) is 51.5 Å². The molecule has 2 amide bonds. The molecule has 37 heavy (non-hydrogen) atoms. The van der Waals surface area contributed by atoms with E-state index in [1.54, 1.807) is 4.90 Å². The van der Waals surface area contributed by atoms with Crippen molar-refractivity contribution in [2.24, 2.45) is 15.4 Å². The topological polar surface area (TPSA) is 99.1 Å². The molecule has 1 spiro atoms. The first-order chi connectivity index (χ1) is 17.8. The molecule has 2 aliphatic carbocycles. The zero-order valence-electron chi connectivity index (χ0n) is 22.3. The first-order valence-corrected chi connectivity index (χ1v) is 13.2. The minimum atomic E-state index is -0.455. The van der Waals surface area contributed by atoms with Crippen molar-refractivity contribution in [1.29, 1.82) is 10.5 Å².